The smallest absolute Gasteiger partial charge is 0.135 e. The molecule has 0 amide bonds. The van der Waals surface area contributed by atoms with Gasteiger partial charge < -0.3 is 23.7 Å². The number of anilines is 4. The maximum atomic E-state index is 6.76. The Morgan fingerprint density at radius 3 is 1.95 bits per heavy atom. The molecule has 326 valence electrons. The van der Waals surface area contributed by atoms with Gasteiger partial charge in [0, 0.05) is 77.8 Å². The van der Waals surface area contributed by atoms with Gasteiger partial charge in [0.15, 0.2) is 0 Å². The summed E-state index contributed by atoms with van der Waals surface area (Å²) in [6, 6.07) is 59.0. The van der Waals surface area contributed by atoms with Gasteiger partial charge in [0.1, 0.15) is 5.82 Å². The SMILES string of the molecule is Cc1cc(C(C)(C)C)cc(C)c1N1[CH-]N(c2[c-]c(Oc3[c-]c4c(cc3)c3c(ccc5c6ccccc6n(-c6ccccc6)c53)n4-c3cc(C(C)(C)C)ccn3)ccc2)c2ccccc21.[Pt]. The van der Waals surface area contributed by atoms with Crippen LogP contribution in [0, 0.1) is 32.6 Å². The average molecular weight is 1030 g/mol. The van der Waals surface area contributed by atoms with Gasteiger partial charge >= 0.3 is 0 Å². The van der Waals surface area contributed by atoms with E-state index in [4.69, 9.17) is 9.72 Å². The summed E-state index contributed by atoms with van der Waals surface area (Å²) in [6.07, 6.45) is 1.92. The predicted octanol–water partition coefficient (Wildman–Crippen LogP) is 15.3. The first-order valence-corrected chi connectivity index (χ1v) is 22.1. The molecule has 0 saturated carbocycles. The maximum Gasteiger partial charge on any atom is 0.135 e. The second kappa shape index (κ2) is 15.8. The summed E-state index contributed by atoms with van der Waals surface area (Å²) in [5.41, 5.74) is 14.6. The molecule has 1 aliphatic heterocycles. The van der Waals surface area contributed by atoms with E-state index in [1.165, 1.54) is 38.7 Å². The molecule has 0 saturated heterocycles. The first-order chi connectivity index (χ1) is 30.8. The monoisotopic (exact) mass is 1030 g/mol. The van der Waals surface area contributed by atoms with E-state index in [0.717, 1.165) is 61.4 Å². The zero-order valence-corrected chi connectivity index (χ0v) is 40.2. The molecule has 3 aromatic heterocycles. The van der Waals surface area contributed by atoms with Crippen molar-refractivity contribution in [2.45, 2.75) is 66.2 Å². The van der Waals surface area contributed by atoms with Crippen molar-refractivity contribution in [1.29, 1.82) is 0 Å². The van der Waals surface area contributed by atoms with Crippen LogP contribution >= 0.6 is 0 Å². The third kappa shape index (κ3) is 7.10. The Bertz CT molecular complexity index is 3440. The third-order valence-electron chi connectivity index (χ3n) is 12.8. The van der Waals surface area contributed by atoms with E-state index < -0.39 is 0 Å². The number of aryl methyl sites for hydroxylation is 2. The molecule has 10 aromatic rings. The average Bonchev–Trinajstić information content (AvgIpc) is 3.94. The van der Waals surface area contributed by atoms with E-state index in [0.29, 0.717) is 11.5 Å². The summed E-state index contributed by atoms with van der Waals surface area (Å²) >= 11 is 0. The minimum absolute atomic E-state index is 0. The van der Waals surface area contributed by atoms with E-state index in [1.807, 2.05) is 24.4 Å². The summed E-state index contributed by atoms with van der Waals surface area (Å²) in [7, 11) is 0. The zero-order chi connectivity index (χ0) is 44.1. The second-order valence-electron chi connectivity index (χ2n) is 19.2. The van der Waals surface area contributed by atoms with Crippen LogP contribution in [-0.4, -0.2) is 14.1 Å². The van der Waals surface area contributed by atoms with Gasteiger partial charge in [0.2, 0.25) is 0 Å². The number of ether oxygens (including phenoxy) is 1. The number of benzene rings is 7. The summed E-state index contributed by atoms with van der Waals surface area (Å²) < 4.78 is 11.4. The Balaban J connectivity index is 0.00000498. The molecule has 11 rings (SSSR count). The topological polar surface area (TPSA) is 38.5 Å². The molecule has 0 radical (unpaired) electrons. The molecule has 7 heteroatoms. The number of hydrogen-bond donors (Lipinski definition) is 0. The van der Waals surface area contributed by atoms with Crippen LogP contribution < -0.4 is 14.5 Å². The number of pyridine rings is 1. The maximum absolute atomic E-state index is 6.76. The van der Waals surface area contributed by atoms with Crippen molar-refractivity contribution >= 4 is 66.4 Å². The number of para-hydroxylation sites is 4. The molecule has 0 fully saturated rings. The van der Waals surface area contributed by atoms with E-state index in [-0.39, 0.29) is 31.9 Å². The van der Waals surface area contributed by atoms with Gasteiger partial charge in [-0.3, -0.25) is 0 Å². The number of hydrogen-bond acceptors (Lipinski definition) is 4. The van der Waals surface area contributed by atoms with Gasteiger partial charge in [-0.2, -0.15) is 12.1 Å². The molecule has 65 heavy (non-hydrogen) atoms. The molecule has 0 unspecified atom stereocenters. The van der Waals surface area contributed by atoms with Crippen LogP contribution in [0.4, 0.5) is 22.7 Å². The molecular weight excluding hydrogens is 978 g/mol. The van der Waals surface area contributed by atoms with Crippen LogP contribution in [0.5, 0.6) is 11.5 Å². The van der Waals surface area contributed by atoms with Crippen LogP contribution in [-0.2, 0) is 31.9 Å². The van der Waals surface area contributed by atoms with Gasteiger partial charge in [0.25, 0.3) is 0 Å². The quantitative estimate of drug-likeness (QED) is 0.156. The molecule has 0 atom stereocenters. The van der Waals surface area contributed by atoms with Crippen molar-refractivity contribution in [2.24, 2.45) is 0 Å². The molecule has 0 aliphatic carbocycles. The molecule has 1 aliphatic rings. The van der Waals surface area contributed by atoms with Crippen LogP contribution in [0.1, 0.15) is 63.8 Å². The van der Waals surface area contributed by atoms with E-state index >= 15 is 0 Å². The third-order valence-corrected chi connectivity index (χ3v) is 12.8. The number of nitrogens with zero attached hydrogens (tertiary/aromatic N) is 5. The van der Waals surface area contributed by atoms with Crippen LogP contribution in [0.15, 0.2) is 152 Å². The second-order valence-corrected chi connectivity index (χ2v) is 19.2. The number of fused-ring (bicyclic) bond motifs is 8. The standard InChI is InChI=1S/C58H50N5O.Pt/c1-37-31-40(58(6,7)8)32-38(2)55(37)61-36-60(49-23-14-15-24-50(49)61)42-19-16-20-43(34-42)64-44-25-26-47-52(35-44)63(53-33-39(29-30-59-53)57(3,4)5)51-28-27-46-45-21-12-13-22-48(45)62(56(46)54(47)51)41-17-10-9-11-18-41;/h9-33,36H,1-8H3;/q-3;. The van der Waals surface area contributed by atoms with Gasteiger partial charge in [0.05, 0.1) is 11.0 Å². The minimum Gasteiger partial charge on any atom is -0.509 e. The number of aromatic nitrogens is 3. The van der Waals surface area contributed by atoms with Crippen LogP contribution in [0.25, 0.3) is 55.1 Å². The van der Waals surface area contributed by atoms with E-state index in [1.54, 1.807) is 0 Å². The van der Waals surface area contributed by atoms with Crippen LogP contribution in [0.2, 0.25) is 0 Å². The summed E-state index contributed by atoms with van der Waals surface area (Å²) in [5.74, 6) is 2.03. The Morgan fingerprint density at radius 2 is 1.22 bits per heavy atom. The Kier molecular flexibility index (Phi) is 10.3. The first kappa shape index (κ1) is 42.3. The molecular formula is C58H50N5OPt-3. The van der Waals surface area contributed by atoms with Crippen molar-refractivity contribution in [3.8, 4) is 23.0 Å². The van der Waals surface area contributed by atoms with Gasteiger partial charge in [-0.15, -0.1) is 42.7 Å². The van der Waals surface area contributed by atoms with Crippen molar-refractivity contribution in [3.63, 3.8) is 0 Å². The fourth-order valence-corrected chi connectivity index (χ4v) is 9.62. The van der Waals surface area contributed by atoms with E-state index in [2.05, 4.69) is 221 Å². The minimum atomic E-state index is -0.0683. The van der Waals surface area contributed by atoms with Crippen molar-refractivity contribution < 1.29 is 25.8 Å². The Morgan fingerprint density at radius 1 is 0.554 bits per heavy atom. The molecule has 0 bridgehead atoms. The molecule has 4 heterocycles. The van der Waals surface area contributed by atoms with Crippen LogP contribution in [0.3, 0.4) is 0 Å². The Labute approximate surface area is 396 Å². The van der Waals surface area contributed by atoms with Gasteiger partial charge in [-0.25, -0.2) is 4.98 Å². The summed E-state index contributed by atoms with van der Waals surface area (Å²) in [5, 5.41) is 4.61. The molecule has 6 nitrogen and oxygen atoms in total. The molecule has 0 spiro atoms. The van der Waals surface area contributed by atoms with Crippen molar-refractivity contribution in [3.05, 3.63) is 193 Å². The molecule has 7 aromatic carbocycles. The largest absolute Gasteiger partial charge is 0.509 e. The Hall–Kier alpha value is -6.62. The summed E-state index contributed by atoms with van der Waals surface area (Å²) in [4.78, 5) is 9.53. The fraction of sp³-hybridized carbons (Fsp3) is 0.172. The van der Waals surface area contributed by atoms with Gasteiger partial charge in [-0.1, -0.05) is 119 Å². The number of rotatable bonds is 6. The van der Waals surface area contributed by atoms with Gasteiger partial charge in [-0.05, 0) is 101 Å². The predicted molar refractivity (Wildman–Crippen MR) is 265 cm³/mol. The fourth-order valence-electron chi connectivity index (χ4n) is 9.62. The normalized spacial score (nSPS) is 13.0. The summed E-state index contributed by atoms with van der Waals surface area (Å²) in [6.45, 7) is 20.1. The molecule has 0 N–H and O–H groups in total. The zero-order valence-electron chi connectivity index (χ0n) is 38.0. The van der Waals surface area contributed by atoms with Crippen molar-refractivity contribution in [1.82, 2.24) is 14.1 Å². The van der Waals surface area contributed by atoms with Crippen molar-refractivity contribution in [2.75, 3.05) is 9.80 Å². The van der Waals surface area contributed by atoms with E-state index in [9.17, 15) is 0 Å². The first-order valence-electron chi connectivity index (χ1n) is 22.1.